The maximum atomic E-state index is 5.23. The van der Waals surface area contributed by atoms with Crippen LogP contribution in [0.2, 0.25) is 0 Å². The van der Waals surface area contributed by atoms with E-state index < -0.39 is 0 Å². The normalized spacial score (nSPS) is 14.4. The van der Waals surface area contributed by atoms with Crippen molar-refractivity contribution in [3.63, 3.8) is 0 Å². The summed E-state index contributed by atoms with van der Waals surface area (Å²) in [5.41, 5.74) is 18.2. The summed E-state index contributed by atoms with van der Waals surface area (Å²) in [6.07, 6.45) is 11.3. The van der Waals surface area contributed by atoms with Crippen LogP contribution >= 0.6 is 0 Å². The molecule has 2 heterocycles. The number of hydrogen-bond acceptors (Lipinski definition) is 3. The number of anilines is 1. The van der Waals surface area contributed by atoms with Crippen molar-refractivity contribution in [3.05, 3.63) is 241 Å². The van der Waals surface area contributed by atoms with Crippen molar-refractivity contribution in [2.24, 2.45) is 0 Å². The van der Waals surface area contributed by atoms with Gasteiger partial charge in [0.2, 0.25) is 0 Å². The first-order chi connectivity index (χ1) is 30.7. The van der Waals surface area contributed by atoms with Crippen LogP contribution in [0.25, 0.3) is 83.6 Å². The molecule has 1 unspecified atom stereocenters. The Labute approximate surface area is 363 Å². The van der Waals surface area contributed by atoms with Gasteiger partial charge in [0, 0.05) is 27.9 Å². The zero-order chi connectivity index (χ0) is 41.2. The minimum Gasteiger partial charge on any atom is -0.374 e. The molecule has 1 atom stereocenters. The number of nitrogens with zero attached hydrogens (tertiary/aromatic N) is 2. The van der Waals surface area contributed by atoms with Crippen LogP contribution in [0.15, 0.2) is 230 Å². The van der Waals surface area contributed by atoms with Crippen LogP contribution < -0.4 is 5.32 Å². The fraction of sp³-hybridized carbons (Fsp3) is 0.0508. The number of nitrogens with one attached hydrogen (secondary N) is 1. The molecular weight excluding hydrogens is 751 g/mol. The highest BCUT2D eigenvalue weighted by atomic mass is 14.9. The van der Waals surface area contributed by atoms with Gasteiger partial charge in [0.15, 0.2) is 5.82 Å². The number of benzene rings is 8. The van der Waals surface area contributed by atoms with Gasteiger partial charge in [0.25, 0.3) is 0 Å². The van der Waals surface area contributed by atoms with Crippen molar-refractivity contribution in [2.75, 3.05) is 5.32 Å². The van der Waals surface area contributed by atoms with E-state index >= 15 is 0 Å². The molecule has 1 aromatic heterocycles. The average Bonchev–Trinajstić information content (AvgIpc) is 3.37. The molecule has 3 heteroatoms. The molecule has 1 aliphatic carbocycles. The maximum Gasteiger partial charge on any atom is 0.160 e. The van der Waals surface area contributed by atoms with Crippen molar-refractivity contribution >= 4 is 22.0 Å². The summed E-state index contributed by atoms with van der Waals surface area (Å²) in [5.74, 6) is 0.690. The molecule has 2 aliphatic rings. The number of hydrogen-bond donors (Lipinski definition) is 1. The number of fused-ring (bicyclic) bond motifs is 3. The molecule has 0 spiro atoms. The third kappa shape index (κ3) is 7.24. The monoisotopic (exact) mass is 793 g/mol. The highest BCUT2D eigenvalue weighted by Gasteiger charge is 2.26. The van der Waals surface area contributed by atoms with Gasteiger partial charge in [-0.15, -0.1) is 0 Å². The van der Waals surface area contributed by atoms with Gasteiger partial charge in [-0.2, -0.15) is 0 Å². The molecule has 0 saturated carbocycles. The molecule has 0 fully saturated rings. The number of allylic oxidation sites excluding steroid dienone is 3. The van der Waals surface area contributed by atoms with E-state index in [-0.39, 0.29) is 6.04 Å². The molecule has 62 heavy (non-hydrogen) atoms. The average molecular weight is 794 g/mol. The van der Waals surface area contributed by atoms with Gasteiger partial charge >= 0.3 is 0 Å². The first-order valence-corrected chi connectivity index (χ1v) is 21.5. The lowest BCUT2D eigenvalue weighted by Crippen LogP contribution is -2.25. The molecule has 1 aliphatic heterocycles. The fourth-order valence-electron chi connectivity index (χ4n) is 9.01. The zero-order valence-corrected chi connectivity index (χ0v) is 34.2. The summed E-state index contributed by atoms with van der Waals surface area (Å²) in [4.78, 5) is 10.5. The Morgan fingerprint density at radius 3 is 1.48 bits per heavy atom. The van der Waals surface area contributed by atoms with E-state index in [1.54, 1.807) is 0 Å². The second-order valence-corrected chi connectivity index (χ2v) is 16.1. The van der Waals surface area contributed by atoms with Gasteiger partial charge in [-0.1, -0.05) is 206 Å². The van der Waals surface area contributed by atoms with Crippen molar-refractivity contribution in [3.8, 4) is 67.3 Å². The van der Waals surface area contributed by atoms with E-state index in [1.807, 2.05) is 0 Å². The summed E-state index contributed by atoms with van der Waals surface area (Å²) in [5, 5.41) is 6.43. The van der Waals surface area contributed by atoms with E-state index in [9.17, 15) is 0 Å². The Morgan fingerprint density at radius 2 is 0.919 bits per heavy atom. The topological polar surface area (TPSA) is 37.8 Å². The molecule has 0 saturated heterocycles. The highest BCUT2D eigenvalue weighted by Crippen LogP contribution is 2.45. The number of aromatic nitrogens is 2. The predicted octanol–water partition coefficient (Wildman–Crippen LogP) is 15.1. The molecule has 1 N–H and O–H groups in total. The van der Waals surface area contributed by atoms with Gasteiger partial charge in [0.1, 0.15) is 0 Å². The number of rotatable bonds is 8. The second kappa shape index (κ2) is 16.3. The van der Waals surface area contributed by atoms with Gasteiger partial charge in [-0.3, -0.25) is 0 Å². The third-order valence-corrected chi connectivity index (χ3v) is 12.2. The van der Waals surface area contributed by atoms with E-state index in [0.29, 0.717) is 5.82 Å². The third-order valence-electron chi connectivity index (χ3n) is 12.2. The molecule has 0 bridgehead atoms. The quantitative estimate of drug-likeness (QED) is 0.166. The largest absolute Gasteiger partial charge is 0.374 e. The molecule has 11 rings (SSSR count). The van der Waals surface area contributed by atoms with Crippen LogP contribution in [0.3, 0.4) is 0 Å². The van der Waals surface area contributed by atoms with Gasteiger partial charge in [-0.05, 0) is 91.9 Å². The summed E-state index contributed by atoms with van der Waals surface area (Å²) >= 11 is 0. The van der Waals surface area contributed by atoms with Crippen molar-refractivity contribution < 1.29 is 0 Å². The molecule has 0 amide bonds. The lowest BCUT2D eigenvalue weighted by molar-refractivity contribution is 0.864. The first-order valence-electron chi connectivity index (χ1n) is 21.5. The van der Waals surface area contributed by atoms with Gasteiger partial charge in [-0.25, -0.2) is 9.97 Å². The van der Waals surface area contributed by atoms with Crippen LogP contribution in [0.4, 0.5) is 5.69 Å². The fourth-order valence-corrected chi connectivity index (χ4v) is 9.01. The van der Waals surface area contributed by atoms with Gasteiger partial charge < -0.3 is 5.32 Å². The Balaban J connectivity index is 0.993. The Hall–Kier alpha value is -7.88. The van der Waals surface area contributed by atoms with Crippen LogP contribution in [-0.2, 0) is 0 Å². The Bertz CT molecular complexity index is 3040. The summed E-state index contributed by atoms with van der Waals surface area (Å²) in [6, 6.07) is 71.4. The molecule has 0 radical (unpaired) electrons. The lowest BCUT2D eigenvalue weighted by atomic mass is 9.83. The van der Waals surface area contributed by atoms with Crippen molar-refractivity contribution in [1.29, 1.82) is 0 Å². The van der Waals surface area contributed by atoms with Crippen LogP contribution in [0.1, 0.15) is 24.0 Å². The van der Waals surface area contributed by atoms with Crippen molar-refractivity contribution in [2.45, 2.75) is 18.9 Å². The van der Waals surface area contributed by atoms with Crippen LogP contribution in [0, 0.1) is 0 Å². The van der Waals surface area contributed by atoms with E-state index in [4.69, 9.17) is 9.97 Å². The Morgan fingerprint density at radius 1 is 0.435 bits per heavy atom. The minimum absolute atomic E-state index is 0.113. The van der Waals surface area contributed by atoms with Crippen LogP contribution in [0.5, 0.6) is 0 Å². The highest BCUT2D eigenvalue weighted by molar-refractivity contribution is 6.10. The Kier molecular flexibility index (Phi) is 9.76. The lowest BCUT2D eigenvalue weighted by Gasteiger charge is -2.31. The molecule has 9 aromatic rings. The van der Waals surface area contributed by atoms with E-state index in [1.165, 1.54) is 60.9 Å². The molecule has 8 aromatic carbocycles. The minimum atomic E-state index is 0.113. The van der Waals surface area contributed by atoms with Gasteiger partial charge in [0.05, 0.1) is 17.4 Å². The maximum absolute atomic E-state index is 5.23. The summed E-state index contributed by atoms with van der Waals surface area (Å²) in [6.45, 7) is 0. The molecule has 294 valence electrons. The van der Waals surface area contributed by atoms with Crippen molar-refractivity contribution in [1.82, 2.24) is 9.97 Å². The summed E-state index contributed by atoms with van der Waals surface area (Å²) in [7, 11) is 0. The van der Waals surface area contributed by atoms with E-state index in [2.05, 4.69) is 230 Å². The predicted molar refractivity (Wildman–Crippen MR) is 260 cm³/mol. The summed E-state index contributed by atoms with van der Waals surface area (Å²) < 4.78 is 0. The second-order valence-electron chi connectivity index (χ2n) is 16.1. The standard InChI is InChI=1S/C59H43N3/c1-5-15-40(16-6-1)42-25-31-47(32-26-42)55-39-56(48-33-27-43(28-34-48)41-17-7-2-8-18-41)62-59(61-55)49-35-29-45(30-36-49)52-37-57-58(51-24-14-13-23-50(51)52)53(44-19-9-3-10-20-44)38-54(60-57)46-21-11-4-12-22-46/h1-11,13-21,23-39,54,60H,12,22H2. The van der Waals surface area contributed by atoms with E-state index in [0.717, 1.165) is 52.2 Å². The van der Waals surface area contributed by atoms with Crippen LogP contribution in [-0.4, -0.2) is 16.0 Å². The SMILES string of the molecule is C1=CCCC(C2C=C(c3ccccc3)c3c(cc(-c4ccc(-c5nc(-c6ccc(-c7ccccc7)cc6)cc(-c6ccc(-c7ccccc7)cc6)n5)cc4)c4ccccc34)N2)=C1. The zero-order valence-electron chi connectivity index (χ0n) is 34.2. The molecule has 3 nitrogen and oxygen atoms in total. The molecular formula is C59H43N3. The first kappa shape index (κ1) is 37.1. The smallest absolute Gasteiger partial charge is 0.160 e.